The van der Waals surface area contributed by atoms with Gasteiger partial charge in [-0.25, -0.2) is 0 Å². The zero-order valence-electron chi connectivity index (χ0n) is 11.5. The summed E-state index contributed by atoms with van der Waals surface area (Å²) in [6.45, 7) is 10.2. The summed E-state index contributed by atoms with van der Waals surface area (Å²) in [5, 5.41) is 3.32. The lowest BCUT2D eigenvalue weighted by Crippen LogP contribution is -2.65. The van der Waals surface area contributed by atoms with Crippen molar-refractivity contribution in [1.82, 2.24) is 5.32 Å². The average molecular weight is 237 g/mol. The number of nitrogens with one attached hydrogen (secondary N) is 1. The Morgan fingerprint density at radius 1 is 1.29 bits per heavy atom. The van der Waals surface area contributed by atoms with Crippen molar-refractivity contribution < 1.29 is 9.31 Å². The third-order valence-corrected chi connectivity index (χ3v) is 5.56. The molecule has 2 bridgehead atoms. The summed E-state index contributed by atoms with van der Waals surface area (Å²) in [6, 6.07) is 0. The molecular weight excluding hydrogens is 213 g/mol. The molecule has 3 unspecified atom stereocenters. The Balaban J connectivity index is 1.73. The molecule has 1 N–H and O–H groups in total. The molecule has 3 aliphatic carbocycles. The minimum absolute atomic E-state index is 0.0416. The summed E-state index contributed by atoms with van der Waals surface area (Å²) in [7, 11) is -0.0416. The van der Waals surface area contributed by atoms with Crippen molar-refractivity contribution in [2.45, 2.75) is 52.2 Å². The van der Waals surface area contributed by atoms with E-state index < -0.39 is 0 Å². The summed E-state index contributed by atoms with van der Waals surface area (Å²) >= 11 is 0. The van der Waals surface area contributed by atoms with Crippen LogP contribution in [-0.4, -0.2) is 31.8 Å². The zero-order valence-corrected chi connectivity index (χ0v) is 11.5. The standard InChI is InChI=1S/C13H24BNO2/c1-5-15-8-14-16-11-7-9-6-10(12(9,2)3)13(11,4)17-14/h9-11,15H,5-8H2,1-4H3/t9?,10?,11?,13-/m0/s1. The maximum atomic E-state index is 6.26. The molecule has 0 aromatic heterocycles. The molecular formula is C13H24BNO2. The van der Waals surface area contributed by atoms with Crippen molar-refractivity contribution in [3.05, 3.63) is 0 Å². The van der Waals surface area contributed by atoms with E-state index in [0.29, 0.717) is 17.4 Å². The van der Waals surface area contributed by atoms with Crippen molar-refractivity contribution >= 4 is 7.12 Å². The summed E-state index contributed by atoms with van der Waals surface area (Å²) in [4.78, 5) is 0. The highest BCUT2D eigenvalue weighted by atomic mass is 16.7. The predicted octanol–water partition coefficient (Wildman–Crippen LogP) is 1.86. The van der Waals surface area contributed by atoms with Gasteiger partial charge in [0.1, 0.15) is 0 Å². The van der Waals surface area contributed by atoms with Crippen LogP contribution in [0.4, 0.5) is 0 Å². The first-order valence-electron chi connectivity index (χ1n) is 7.02. The van der Waals surface area contributed by atoms with Crippen LogP contribution in [0, 0.1) is 17.3 Å². The van der Waals surface area contributed by atoms with Crippen molar-refractivity contribution in [3.63, 3.8) is 0 Å². The second kappa shape index (κ2) is 3.72. The molecule has 1 saturated heterocycles. The summed E-state index contributed by atoms with van der Waals surface area (Å²) < 4.78 is 12.3. The maximum Gasteiger partial charge on any atom is 0.472 e. The Hall–Kier alpha value is -0.0551. The Bertz CT molecular complexity index is 323. The molecule has 4 rings (SSSR count). The Morgan fingerprint density at radius 3 is 2.71 bits per heavy atom. The molecule has 4 heteroatoms. The van der Waals surface area contributed by atoms with Gasteiger partial charge in [0.25, 0.3) is 0 Å². The average Bonchev–Trinajstić information content (AvgIpc) is 2.61. The van der Waals surface area contributed by atoms with E-state index in [9.17, 15) is 0 Å². The fourth-order valence-electron chi connectivity index (χ4n) is 4.30. The van der Waals surface area contributed by atoms with Crippen LogP contribution < -0.4 is 5.32 Å². The first-order chi connectivity index (χ1) is 7.98. The van der Waals surface area contributed by atoms with E-state index in [-0.39, 0.29) is 12.7 Å². The molecule has 4 atom stereocenters. The largest absolute Gasteiger partial charge is 0.472 e. The van der Waals surface area contributed by atoms with Gasteiger partial charge in [-0.1, -0.05) is 20.8 Å². The van der Waals surface area contributed by atoms with Crippen molar-refractivity contribution in [3.8, 4) is 0 Å². The first-order valence-corrected chi connectivity index (χ1v) is 7.02. The normalized spacial score (nSPS) is 46.6. The molecule has 3 saturated carbocycles. The number of rotatable bonds is 3. The molecule has 0 radical (unpaired) electrons. The van der Waals surface area contributed by atoms with E-state index in [1.165, 1.54) is 12.8 Å². The van der Waals surface area contributed by atoms with Crippen LogP contribution in [-0.2, 0) is 9.31 Å². The molecule has 1 aliphatic heterocycles. The lowest BCUT2D eigenvalue weighted by atomic mass is 9.43. The van der Waals surface area contributed by atoms with Crippen LogP contribution in [0.25, 0.3) is 0 Å². The van der Waals surface area contributed by atoms with E-state index >= 15 is 0 Å². The topological polar surface area (TPSA) is 30.5 Å². The summed E-state index contributed by atoms with van der Waals surface area (Å²) in [5.41, 5.74) is 0.403. The lowest BCUT2D eigenvalue weighted by molar-refractivity contribution is -0.199. The van der Waals surface area contributed by atoms with Gasteiger partial charge in [0.05, 0.1) is 11.7 Å². The minimum Gasteiger partial charge on any atom is -0.405 e. The second-order valence-electron chi connectivity index (χ2n) is 6.71. The van der Waals surface area contributed by atoms with Crippen LogP contribution in [0.2, 0.25) is 0 Å². The lowest BCUT2D eigenvalue weighted by Gasteiger charge is -2.64. The van der Waals surface area contributed by atoms with Crippen LogP contribution in [0.1, 0.15) is 40.5 Å². The fourth-order valence-corrected chi connectivity index (χ4v) is 4.30. The van der Waals surface area contributed by atoms with Crippen LogP contribution in [0.5, 0.6) is 0 Å². The molecule has 0 aromatic carbocycles. The molecule has 4 aliphatic rings. The Kier molecular flexibility index (Phi) is 2.63. The van der Waals surface area contributed by atoms with E-state index in [4.69, 9.17) is 9.31 Å². The van der Waals surface area contributed by atoms with Gasteiger partial charge < -0.3 is 14.6 Å². The van der Waals surface area contributed by atoms with Gasteiger partial charge in [0.15, 0.2) is 0 Å². The van der Waals surface area contributed by atoms with Crippen LogP contribution in [0.15, 0.2) is 0 Å². The van der Waals surface area contributed by atoms with E-state index in [1.54, 1.807) is 0 Å². The van der Waals surface area contributed by atoms with Crippen molar-refractivity contribution in [2.75, 3.05) is 13.0 Å². The van der Waals surface area contributed by atoms with Crippen molar-refractivity contribution in [1.29, 1.82) is 0 Å². The second-order valence-corrected chi connectivity index (χ2v) is 6.71. The summed E-state index contributed by atoms with van der Waals surface area (Å²) in [6.07, 6.45) is 3.66. The quantitative estimate of drug-likeness (QED) is 0.760. The molecule has 17 heavy (non-hydrogen) atoms. The number of hydrogen-bond donors (Lipinski definition) is 1. The highest BCUT2D eigenvalue weighted by Gasteiger charge is 2.67. The van der Waals surface area contributed by atoms with E-state index in [0.717, 1.165) is 18.9 Å². The Labute approximate surface area is 105 Å². The highest BCUT2D eigenvalue weighted by Crippen LogP contribution is 2.65. The molecule has 0 amide bonds. The third kappa shape index (κ3) is 1.53. The van der Waals surface area contributed by atoms with Gasteiger partial charge in [-0.15, -0.1) is 0 Å². The highest BCUT2D eigenvalue weighted by molar-refractivity contribution is 6.45. The van der Waals surface area contributed by atoms with Gasteiger partial charge in [0, 0.05) is 6.44 Å². The third-order valence-electron chi connectivity index (χ3n) is 5.56. The van der Waals surface area contributed by atoms with E-state index in [2.05, 4.69) is 33.0 Å². The van der Waals surface area contributed by atoms with E-state index in [1.807, 2.05) is 0 Å². The zero-order chi connectivity index (χ0) is 12.3. The molecule has 96 valence electrons. The molecule has 0 spiro atoms. The molecule has 4 fully saturated rings. The van der Waals surface area contributed by atoms with Gasteiger partial charge in [-0.3, -0.25) is 0 Å². The van der Waals surface area contributed by atoms with Gasteiger partial charge in [-0.2, -0.15) is 0 Å². The van der Waals surface area contributed by atoms with Crippen LogP contribution >= 0.6 is 0 Å². The predicted molar refractivity (Wildman–Crippen MR) is 68.7 cm³/mol. The summed E-state index contributed by atoms with van der Waals surface area (Å²) in [5.74, 6) is 1.51. The minimum atomic E-state index is -0.0433. The first kappa shape index (κ1) is 12.0. The smallest absolute Gasteiger partial charge is 0.405 e. The number of hydrogen-bond acceptors (Lipinski definition) is 3. The Morgan fingerprint density at radius 2 is 2.06 bits per heavy atom. The van der Waals surface area contributed by atoms with Crippen molar-refractivity contribution in [2.24, 2.45) is 17.3 Å². The van der Waals surface area contributed by atoms with Gasteiger partial charge in [0.2, 0.25) is 0 Å². The SMILES string of the molecule is CCNCB1OC2CC3CC(C3(C)C)[C@]2(C)O1. The molecule has 0 aromatic rings. The monoisotopic (exact) mass is 237 g/mol. The fraction of sp³-hybridized carbons (Fsp3) is 1.00. The maximum absolute atomic E-state index is 6.26. The van der Waals surface area contributed by atoms with Crippen LogP contribution in [0.3, 0.4) is 0 Å². The van der Waals surface area contributed by atoms with Gasteiger partial charge >= 0.3 is 7.12 Å². The molecule has 1 heterocycles. The van der Waals surface area contributed by atoms with Gasteiger partial charge in [-0.05, 0) is 43.6 Å². The molecule has 3 nitrogen and oxygen atoms in total.